The molecule has 0 fully saturated rings. The molecular formula is C24H25N3O5. The Hall–Kier alpha value is -3.81. The first-order valence-corrected chi connectivity index (χ1v) is 10.4. The summed E-state index contributed by atoms with van der Waals surface area (Å²) in [4.78, 5) is 33.0. The van der Waals surface area contributed by atoms with Gasteiger partial charge < -0.3 is 24.5 Å². The summed E-state index contributed by atoms with van der Waals surface area (Å²) in [6.45, 7) is 6.46. The molecule has 32 heavy (non-hydrogen) atoms. The number of aromatic amines is 1. The molecule has 0 spiro atoms. The van der Waals surface area contributed by atoms with Crippen LogP contribution >= 0.6 is 0 Å². The highest BCUT2D eigenvalue weighted by molar-refractivity contribution is 5.92. The van der Waals surface area contributed by atoms with Gasteiger partial charge in [-0.3, -0.25) is 0 Å². The molecule has 2 aromatic heterocycles. The van der Waals surface area contributed by atoms with Crippen LogP contribution in [0.3, 0.4) is 0 Å². The third-order valence-corrected chi connectivity index (χ3v) is 5.05. The molecular weight excluding hydrogens is 410 g/mol. The monoisotopic (exact) mass is 435 g/mol. The van der Waals surface area contributed by atoms with E-state index in [4.69, 9.17) is 9.47 Å². The Morgan fingerprint density at radius 1 is 1.19 bits per heavy atom. The summed E-state index contributed by atoms with van der Waals surface area (Å²) in [5.74, 6) is -0.386. The molecule has 1 aromatic carbocycles. The second kappa shape index (κ2) is 8.37. The van der Waals surface area contributed by atoms with E-state index in [1.807, 2.05) is 32.9 Å². The molecule has 0 saturated carbocycles. The molecule has 4 rings (SSSR count). The number of aromatic carboxylic acids is 1. The van der Waals surface area contributed by atoms with Gasteiger partial charge in [0.05, 0.1) is 6.20 Å². The molecule has 0 aliphatic carbocycles. The van der Waals surface area contributed by atoms with E-state index in [0.717, 1.165) is 22.2 Å². The normalized spacial score (nSPS) is 14.2. The lowest BCUT2D eigenvalue weighted by molar-refractivity contribution is 0.0270. The fourth-order valence-electron chi connectivity index (χ4n) is 3.51. The molecule has 0 radical (unpaired) electrons. The number of carbonyl (C=O) groups excluding carboxylic acids is 1. The average Bonchev–Trinajstić information content (AvgIpc) is 3.20. The quantitative estimate of drug-likeness (QED) is 0.592. The fraction of sp³-hybridized carbons (Fsp3) is 0.292. The van der Waals surface area contributed by atoms with Crippen LogP contribution in [0, 0.1) is 0 Å². The summed E-state index contributed by atoms with van der Waals surface area (Å²) in [6.07, 6.45) is 5.57. The summed E-state index contributed by atoms with van der Waals surface area (Å²) in [7, 11) is 0. The van der Waals surface area contributed by atoms with Crippen molar-refractivity contribution < 1.29 is 24.2 Å². The Labute approximate surface area is 185 Å². The number of pyridine rings is 1. The van der Waals surface area contributed by atoms with Gasteiger partial charge in [0, 0.05) is 24.7 Å². The maximum atomic E-state index is 12.3. The largest absolute Gasteiger partial charge is 0.478 e. The van der Waals surface area contributed by atoms with E-state index in [1.165, 1.54) is 6.07 Å². The zero-order valence-corrected chi connectivity index (χ0v) is 18.2. The van der Waals surface area contributed by atoms with E-state index >= 15 is 0 Å². The number of carbonyl (C=O) groups is 2. The Bertz CT molecular complexity index is 1210. The molecule has 1 aliphatic rings. The standard InChI is InChI=1S/C24H25N3O5/c1-24(2,3)32-23(30)27-10-7-15(8-11-27)16-4-5-19(22(28)29)20(13-16)31-18-12-17-6-9-25-21(17)26-14-18/h4-7,9,12-14H,8,10-11H2,1-3H3,(H,25,26)(H,28,29). The highest BCUT2D eigenvalue weighted by Crippen LogP contribution is 2.32. The topological polar surface area (TPSA) is 105 Å². The molecule has 3 heterocycles. The number of rotatable bonds is 4. The van der Waals surface area contributed by atoms with Gasteiger partial charge in [-0.15, -0.1) is 0 Å². The minimum Gasteiger partial charge on any atom is -0.478 e. The lowest BCUT2D eigenvalue weighted by Gasteiger charge is -2.29. The molecule has 3 aromatic rings. The van der Waals surface area contributed by atoms with Crippen molar-refractivity contribution in [3.63, 3.8) is 0 Å². The van der Waals surface area contributed by atoms with Gasteiger partial charge in [-0.2, -0.15) is 0 Å². The van der Waals surface area contributed by atoms with Gasteiger partial charge in [0.25, 0.3) is 0 Å². The molecule has 1 aliphatic heterocycles. The third-order valence-electron chi connectivity index (χ3n) is 5.05. The number of carboxylic acids is 1. The van der Waals surface area contributed by atoms with Crippen molar-refractivity contribution in [2.75, 3.05) is 13.1 Å². The Morgan fingerprint density at radius 3 is 2.69 bits per heavy atom. The van der Waals surface area contributed by atoms with Crippen LogP contribution in [0.5, 0.6) is 11.5 Å². The Morgan fingerprint density at radius 2 is 2.00 bits per heavy atom. The summed E-state index contributed by atoms with van der Waals surface area (Å²) in [6, 6.07) is 8.69. The Balaban J connectivity index is 1.56. The summed E-state index contributed by atoms with van der Waals surface area (Å²) in [5.41, 5.74) is 2.12. The van der Waals surface area contributed by atoms with Crippen molar-refractivity contribution in [3.05, 3.63) is 59.9 Å². The number of ether oxygens (including phenoxy) is 2. The number of carboxylic acid groups (broad SMARTS) is 1. The molecule has 8 nitrogen and oxygen atoms in total. The number of fused-ring (bicyclic) bond motifs is 1. The number of nitrogens with zero attached hydrogens (tertiary/aromatic N) is 2. The minimum atomic E-state index is -1.07. The Kier molecular flexibility index (Phi) is 5.61. The zero-order valence-electron chi connectivity index (χ0n) is 18.2. The van der Waals surface area contributed by atoms with Crippen LogP contribution < -0.4 is 4.74 Å². The second-order valence-electron chi connectivity index (χ2n) is 8.61. The third kappa shape index (κ3) is 4.74. The van der Waals surface area contributed by atoms with Crippen molar-refractivity contribution in [1.82, 2.24) is 14.9 Å². The van der Waals surface area contributed by atoms with Crippen LogP contribution in [0.4, 0.5) is 4.79 Å². The van der Waals surface area contributed by atoms with E-state index in [0.29, 0.717) is 25.3 Å². The summed E-state index contributed by atoms with van der Waals surface area (Å²) < 4.78 is 11.4. The van der Waals surface area contributed by atoms with Crippen LogP contribution in [0.2, 0.25) is 0 Å². The molecule has 166 valence electrons. The molecule has 0 bridgehead atoms. The van der Waals surface area contributed by atoms with Gasteiger partial charge in [0.1, 0.15) is 28.3 Å². The predicted octanol–water partition coefficient (Wildman–Crippen LogP) is 5.08. The van der Waals surface area contributed by atoms with E-state index in [-0.39, 0.29) is 17.4 Å². The SMILES string of the molecule is CC(C)(C)OC(=O)N1CC=C(c2ccc(C(=O)O)c(Oc3cnc4[nH]ccc4c3)c2)CC1. The van der Waals surface area contributed by atoms with Gasteiger partial charge >= 0.3 is 12.1 Å². The number of hydrogen-bond acceptors (Lipinski definition) is 5. The first-order chi connectivity index (χ1) is 15.2. The number of aromatic nitrogens is 2. The number of nitrogens with one attached hydrogen (secondary N) is 1. The number of hydrogen-bond donors (Lipinski definition) is 2. The van der Waals surface area contributed by atoms with E-state index in [1.54, 1.807) is 35.5 Å². The van der Waals surface area contributed by atoms with Crippen LogP contribution in [0.25, 0.3) is 16.6 Å². The average molecular weight is 435 g/mol. The summed E-state index contributed by atoms with van der Waals surface area (Å²) >= 11 is 0. The maximum absolute atomic E-state index is 12.3. The van der Waals surface area contributed by atoms with Gasteiger partial charge in [-0.25, -0.2) is 14.6 Å². The molecule has 0 unspecified atom stereocenters. The minimum absolute atomic E-state index is 0.0645. The van der Waals surface area contributed by atoms with Crippen molar-refractivity contribution in [2.24, 2.45) is 0 Å². The van der Waals surface area contributed by atoms with Crippen molar-refractivity contribution in [1.29, 1.82) is 0 Å². The van der Waals surface area contributed by atoms with E-state index in [2.05, 4.69) is 9.97 Å². The van der Waals surface area contributed by atoms with Gasteiger partial charge in [-0.05, 0) is 62.6 Å². The highest BCUT2D eigenvalue weighted by Gasteiger charge is 2.24. The molecule has 1 amide bonds. The smallest absolute Gasteiger partial charge is 0.410 e. The second-order valence-corrected chi connectivity index (χ2v) is 8.61. The number of benzene rings is 1. The predicted molar refractivity (Wildman–Crippen MR) is 120 cm³/mol. The van der Waals surface area contributed by atoms with Crippen LogP contribution in [-0.4, -0.2) is 50.7 Å². The fourth-order valence-corrected chi connectivity index (χ4v) is 3.51. The van der Waals surface area contributed by atoms with E-state index < -0.39 is 11.6 Å². The van der Waals surface area contributed by atoms with Crippen molar-refractivity contribution in [3.8, 4) is 11.5 Å². The van der Waals surface area contributed by atoms with E-state index in [9.17, 15) is 14.7 Å². The van der Waals surface area contributed by atoms with Crippen LogP contribution in [0.1, 0.15) is 43.1 Å². The lowest BCUT2D eigenvalue weighted by Crippen LogP contribution is -2.39. The zero-order chi connectivity index (χ0) is 22.9. The molecule has 8 heteroatoms. The van der Waals surface area contributed by atoms with Crippen molar-refractivity contribution >= 4 is 28.7 Å². The first kappa shape index (κ1) is 21.4. The van der Waals surface area contributed by atoms with Gasteiger partial charge in [-0.1, -0.05) is 12.1 Å². The number of H-pyrrole nitrogens is 1. The molecule has 0 saturated heterocycles. The molecule has 2 N–H and O–H groups in total. The van der Waals surface area contributed by atoms with Gasteiger partial charge in [0.15, 0.2) is 0 Å². The van der Waals surface area contributed by atoms with Gasteiger partial charge in [0.2, 0.25) is 0 Å². The highest BCUT2D eigenvalue weighted by atomic mass is 16.6. The molecule has 0 atom stereocenters. The lowest BCUT2D eigenvalue weighted by atomic mass is 9.98. The van der Waals surface area contributed by atoms with Crippen LogP contribution in [-0.2, 0) is 4.74 Å². The maximum Gasteiger partial charge on any atom is 0.410 e. The first-order valence-electron chi connectivity index (χ1n) is 10.4. The summed E-state index contributed by atoms with van der Waals surface area (Å²) in [5, 5.41) is 10.5. The van der Waals surface area contributed by atoms with Crippen LogP contribution in [0.15, 0.2) is 48.8 Å². The van der Waals surface area contributed by atoms with Crippen molar-refractivity contribution in [2.45, 2.75) is 32.8 Å². The number of amides is 1.